The third kappa shape index (κ3) is 10.5. The van der Waals surface area contributed by atoms with Gasteiger partial charge in [-0.05, 0) is 87.8 Å². The van der Waals surface area contributed by atoms with E-state index in [9.17, 15) is 47.4 Å². The summed E-state index contributed by atoms with van der Waals surface area (Å²) in [5.74, 6) is -6.90. The zero-order valence-electron chi connectivity index (χ0n) is 34.0. The fraction of sp³-hybridized carbons (Fsp3) is 0.537. The topological polar surface area (TPSA) is 207 Å². The number of nitrogens with one attached hydrogen (secondary N) is 4. The van der Waals surface area contributed by atoms with Crippen LogP contribution in [0, 0.1) is 17.6 Å². The maximum atomic E-state index is 14.6. The van der Waals surface area contributed by atoms with Crippen LogP contribution in [0.15, 0.2) is 42.5 Å². The summed E-state index contributed by atoms with van der Waals surface area (Å²) < 4.78 is 34.5. The Morgan fingerprint density at radius 3 is 2.22 bits per heavy atom. The molecule has 3 aliphatic heterocycles. The van der Waals surface area contributed by atoms with Crippen molar-refractivity contribution in [2.45, 2.75) is 115 Å². The van der Waals surface area contributed by atoms with Crippen molar-refractivity contribution in [1.82, 2.24) is 30.7 Å². The van der Waals surface area contributed by atoms with E-state index in [0.717, 1.165) is 29.0 Å². The summed E-state index contributed by atoms with van der Waals surface area (Å²) in [6.07, 6.45) is -1.83. The molecular formula is C41H53F2N7O9. The van der Waals surface area contributed by atoms with E-state index in [1.807, 2.05) is 13.8 Å². The maximum Gasteiger partial charge on any atom is 0.329 e. The third-order valence-corrected chi connectivity index (χ3v) is 11.0. The van der Waals surface area contributed by atoms with Crippen LogP contribution in [0.4, 0.5) is 19.3 Å². The first-order valence-electron chi connectivity index (χ1n) is 19.9. The van der Waals surface area contributed by atoms with Gasteiger partial charge in [0.1, 0.15) is 54.0 Å². The van der Waals surface area contributed by atoms with E-state index in [-0.39, 0.29) is 37.4 Å². The highest BCUT2D eigenvalue weighted by Gasteiger charge is 2.47. The molecule has 2 aromatic rings. The van der Waals surface area contributed by atoms with Gasteiger partial charge in [-0.15, -0.1) is 0 Å². The predicted octanol–water partition coefficient (Wildman–Crippen LogP) is 1.63. The molecule has 9 atom stereocenters. The normalized spacial score (nSPS) is 26.7. The van der Waals surface area contributed by atoms with Gasteiger partial charge >= 0.3 is 12.0 Å². The number of esters is 1. The van der Waals surface area contributed by atoms with Crippen molar-refractivity contribution in [3.05, 3.63) is 65.2 Å². The Labute approximate surface area is 341 Å². The van der Waals surface area contributed by atoms with E-state index in [0.29, 0.717) is 18.2 Å². The summed E-state index contributed by atoms with van der Waals surface area (Å²) in [5.41, 5.74) is 1.39. The van der Waals surface area contributed by atoms with Gasteiger partial charge in [-0.2, -0.15) is 0 Å². The summed E-state index contributed by atoms with van der Waals surface area (Å²) in [7, 11) is 1.30. The number of halogens is 2. The van der Waals surface area contributed by atoms with Crippen molar-refractivity contribution < 1.29 is 52.2 Å². The van der Waals surface area contributed by atoms with Crippen molar-refractivity contribution in [2.24, 2.45) is 5.92 Å². The Kier molecular flexibility index (Phi) is 14.3. The molecule has 5 N–H and O–H groups in total. The Balaban J connectivity index is 1.51. The van der Waals surface area contributed by atoms with Gasteiger partial charge < -0.3 is 45.8 Å². The Hall–Kier alpha value is -5.65. The fourth-order valence-electron chi connectivity index (χ4n) is 7.97. The summed E-state index contributed by atoms with van der Waals surface area (Å²) in [5, 5.41) is 21.0. The maximum absolute atomic E-state index is 14.6. The van der Waals surface area contributed by atoms with E-state index in [4.69, 9.17) is 4.74 Å². The number of carbonyl (C=O) groups excluding carboxylic acids is 7. The average Bonchev–Trinajstić information content (AvgIpc) is 3.82. The molecule has 7 amide bonds. The third-order valence-electron chi connectivity index (χ3n) is 11.0. The molecule has 0 aliphatic carbocycles. The second-order valence-corrected chi connectivity index (χ2v) is 15.7. The van der Waals surface area contributed by atoms with Crippen molar-refractivity contribution in [2.75, 3.05) is 25.5 Å². The zero-order chi connectivity index (χ0) is 43.3. The molecule has 5 rings (SSSR count). The van der Waals surface area contributed by atoms with E-state index in [2.05, 4.69) is 21.3 Å². The summed E-state index contributed by atoms with van der Waals surface area (Å²) in [6.45, 7) is 8.04. The molecule has 0 aromatic heterocycles. The quantitative estimate of drug-likeness (QED) is 0.245. The number of anilines is 1. The number of hydrogen-bond donors (Lipinski definition) is 5. The number of carbonyl (C=O) groups is 7. The van der Waals surface area contributed by atoms with Crippen LogP contribution in [0.1, 0.15) is 65.0 Å². The van der Waals surface area contributed by atoms with Gasteiger partial charge in [0.25, 0.3) is 0 Å². The number of hydrogen-bond acceptors (Lipinski definition) is 9. The van der Waals surface area contributed by atoms with Crippen LogP contribution in [0.2, 0.25) is 0 Å². The Bertz CT molecular complexity index is 1910. The van der Waals surface area contributed by atoms with Gasteiger partial charge in [0.15, 0.2) is 0 Å². The smallest absolute Gasteiger partial charge is 0.329 e. The van der Waals surface area contributed by atoms with Crippen LogP contribution in [-0.2, 0) is 46.3 Å². The lowest BCUT2D eigenvalue weighted by atomic mass is 10.0. The minimum atomic E-state index is -1.69. The van der Waals surface area contributed by atoms with Crippen molar-refractivity contribution >= 4 is 47.2 Å². The van der Waals surface area contributed by atoms with E-state index >= 15 is 0 Å². The number of fused-ring (bicyclic) bond motifs is 2. The molecule has 3 heterocycles. The average molecular weight is 826 g/mol. The minimum Gasteiger partial charge on any atom is -0.458 e. The number of aliphatic hydroxyl groups excluding tert-OH is 1. The first-order valence-corrected chi connectivity index (χ1v) is 19.9. The number of ether oxygens (including phenoxy) is 1. The molecule has 59 heavy (non-hydrogen) atoms. The summed E-state index contributed by atoms with van der Waals surface area (Å²) in [4.78, 5) is 101. The summed E-state index contributed by atoms with van der Waals surface area (Å²) >= 11 is 0. The zero-order valence-corrected chi connectivity index (χ0v) is 34.0. The highest BCUT2D eigenvalue weighted by atomic mass is 19.1. The lowest BCUT2D eigenvalue weighted by Crippen LogP contribution is -2.63. The van der Waals surface area contributed by atoms with Gasteiger partial charge in [-0.3, -0.25) is 24.0 Å². The van der Waals surface area contributed by atoms with E-state index in [1.165, 1.54) is 37.6 Å². The van der Waals surface area contributed by atoms with Crippen LogP contribution >= 0.6 is 0 Å². The molecule has 0 saturated carbocycles. The standard InChI is InChI=1S/C41H53F2N7O9/c1-7-25-10-12-29(13-11-25)45-41(58)46-30(18-26-16-27(42)19-28(43)17-26)35(52)47-33-24(5)59-40(57)32-15-21(2)20-50(32)37(54)22(3)44-36(53)34(23(4)51)48(6)38(55)31-9-8-14-49(31)39(33)56/h10-13,16-17,19,21-24,30-34,51H,7-9,14-15,18,20H2,1-6H3,(H,44,53)(H,47,52)(H2,45,46,58)/t21-,22+,23+,24+,30+,31?,32?,33+,34+/m1/s1. The summed E-state index contributed by atoms with van der Waals surface area (Å²) in [6, 6.07) is 0.519. The largest absolute Gasteiger partial charge is 0.458 e. The monoisotopic (exact) mass is 825 g/mol. The predicted molar refractivity (Wildman–Crippen MR) is 209 cm³/mol. The first kappa shape index (κ1) is 44.5. The van der Waals surface area contributed by atoms with Crippen molar-refractivity contribution in [3.63, 3.8) is 0 Å². The molecule has 18 heteroatoms. The number of rotatable bonds is 8. The minimum absolute atomic E-state index is 0.00155. The van der Waals surface area contributed by atoms with E-state index in [1.54, 1.807) is 24.3 Å². The second kappa shape index (κ2) is 18.9. The number of benzene rings is 2. The van der Waals surface area contributed by atoms with Crippen molar-refractivity contribution in [3.8, 4) is 0 Å². The molecule has 0 radical (unpaired) electrons. The molecule has 2 aromatic carbocycles. The van der Waals surface area contributed by atoms with Crippen LogP contribution < -0.4 is 21.3 Å². The molecule has 2 unspecified atom stereocenters. The highest BCUT2D eigenvalue weighted by Crippen LogP contribution is 2.27. The SMILES string of the molecule is CCc1ccc(NC(=O)N[C@@H](Cc2cc(F)cc(F)c2)C(=O)N[C@@H]2C(=O)N3CCCC3C(=O)N(C)[C@@H]([C@H](C)O)C(=O)N[C@@H](C)C(=O)N3C[C@H](C)CC3C(=O)O[C@H]2C)cc1. The number of cyclic esters (lactones) is 1. The van der Waals surface area contributed by atoms with Crippen LogP contribution in [0.5, 0.6) is 0 Å². The van der Waals surface area contributed by atoms with Crippen LogP contribution in [0.25, 0.3) is 0 Å². The van der Waals surface area contributed by atoms with Gasteiger partial charge in [-0.25, -0.2) is 18.4 Å². The second-order valence-electron chi connectivity index (χ2n) is 15.7. The first-order chi connectivity index (χ1) is 27.9. The molecule has 0 bridgehead atoms. The van der Waals surface area contributed by atoms with Gasteiger partial charge in [0, 0.05) is 38.3 Å². The van der Waals surface area contributed by atoms with E-state index < -0.39 is 108 Å². The number of urea groups is 1. The van der Waals surface area contributed by atoms with Crippen LogP contribution in [-0.4, -0.2) is 130 Å². The molecule has 16 nitrogen and oxygen atoms in total. The molecule has 3 aliphatic rings. The molecule has 320 valence electrons. The van der Waals surface area contributed by atoms with Crippen molar-refractivity contribution in [1.29, 1.82) is 0 Å². The van der Waals surface area contributed by atoms with Gasteiger partial charge in [-0.1, -0.05) is 26.0 Å². The Morgan fingerprint density at radius 1 is 0.932 bits per heavy atom. The fourth-order valence-corrected chi connectivity index (χ4v) is 7.97. The highest BCUT2D eigenvalue weighted by molar-refractivity contribution is 5.98. The number of nitrogens with zero attached hydrogens (tertiary/aromatic N) is 3. The van der Waals surface area contributed by atoms with Gasteiger partial charge in [0.2, 0.25) is 29.5 Å². The number of aliphatic hydroxyl groups is 1. The number of amides is 7. The lowest BCUT2D eigenvalue weighted by molar-refractivity contribution is -0.163. The molecule has 0 spiro atoms. The van der Waals surface area contributed by atoms with Crippen LogP contribution in [0.3, 0.4) is 0 Å². The molecule has 3 saturated heterocycles. The molecular weight excluding hydrogens is 772 g/mol. The van der Waals surface area contributed by atoms with Gasteiger partial charge in [0.05, 0.1) is 6.10 Å². The molecule has 3 fully saturated rings. The number of likely N-dealkylation sites (N-methyl/N-ethyl adjacent to an activating group) is 1. The Morgan fingerprint density at radius 2 is 1.59 bits per heavy atom. The number of aryl methyl sites for hydroxylation is 1. The lowest BCUT2D eigenvalue weighted by Gasteiger charge is -2.37.